The summed E-state index contributed by atoms with van der Waals surface area (Å²) < 4.78 is 3.41. The third-order valence-corrected chi connectivity index (χ3v) is 3.47. The number of aromatic nitrogens is 3. The minimum atomic E-state index is 0.0381. The first-order valence-electron chi connectivity index (χ1n) is 6.28. The van der Waals surface area contributed by atoms with Gasteiger partial charge >= 0.3 is 0 Å². The second-order valence-electron chi connectivity index (χ2n) is 4.82. The molecule has 98 valence electrons. The van der Waals surface area contributed by atoms with E-state index in [1.165, 1.54) is 0 Å². The van der Waals surface area contributed by atoms with Crippen LogP contribution in [0.2, 0.25) is 0 Å². The van der Waals surface area contributed by atoms with E-state index in [9.17, 15) is 4.79 Å². The van der Waals surface area contributed by atoms with E-state index in [0.717, 1.165) is 30.8 Å². The van der Waals surface area contributed by atoms with Gasteiger partial charge in [-0.3, -0.25) is 4.79 Å². The van der Waals surface area contributed by atoms with Gasteiger partial charge in [-0.05, 0) is 37.5 Å². The molecule has 2 aromatic heterocycles. The van der Waals surface area contributed by atoms with Crippen molar-refractivity contribution in [1.82, 2.24) is 14.2 Å². The minimum Gasteiger partial charge on any atom is -0.312 e. The molecule has 0 aliphatic carbocycles. The molecular weight excluding hydrogens is 246 g/mol. The Morgan fingerprint density at radius 1 is 1.39 bits per heavy atom. The number of fused-ring (bicyclic) bond motifs is 1. The molecule has 0 saturated carbocycles. The lowest BCUT2D eigenvalue weighted by Crippen LogP contribution is -2.22. The van der Waals surface area contributed by atoms with Crippen molar-refractivity contribution in [1.29, 1.82) is 0 Å². The van der Waals surface area contributed by atoms with Crippen LogP contribution in [-0.2, 0) is 6.54 Å². The highest BCUT2D eigenvalue weighted by Gasteiger charge is 2.07. The zero-order valence-corrected chi connectivity index (χ0v) is 11.7. The summed E-state index contributed by atoms with van der Waals surface area (Å²) >= 11 is 4.23. The van der Waals surface area contributed by atoms with E-state index in [1.54, 1.807) is 9.08 Å². The molecule has 0 amide bonds. The third kappa shape index (κ3) is 2.77. The standard InChI is InChI=1S/C13H19N3OS/c1-10(4-8-18)3-5-15-6-7-16-12(13(15)17)9-11(2)14-16/h6-7,9-10,18H,3-5,8H2,1-2H3. The van der Waals surface area contributed by atoms with Crippen LogP contribution >= 0.6 is 12.6 Å². The van der Waals surface area contributed by atoms with Crippen molar-refractivity contribution in [2.45, 2.75) is 33.2 Å². The van der Waals surface area contributed by atoms with Crippen molar-refractivity contribution in [2.75, 3.05) is 5.75 Å². The molecule has 4 nitrogen and oxygen atoms in total. The predicted octanol–water partition coefficient (Wildman–Crippen LogP) is 2.15. The number of nitrogens with zero attached hydrogens (tertiary/aromatic N) is 3. The smallest absolute Gasteiger partial charge is 0.276 e. The van der Waals surface area contributed by atoms with Crippen molar-refractivity contribution in [3.63, 3.8) is 0 Å². The first-order chi connectivity index (χ1) is 8.61. The topological polar surface area (TPSA) is 39.3 Å². The number of hydrogen-bond donors (Lipinski definition) is 1. The Hall–Kier alpha value is -1.23. The van der Waals surface area contributed by atoms with Gasteiger partial charge < -0.3 is 4.57 Å². The molecule has 2 heterocycles. The lowest BCUT2D eigenvalue weighted by molar-refractivity contribution is 0.465. The Kier molecular flexibility index (Phi) is 4.11. The molecule has 0 fully saturated rings. The highest BCUT2D eigenvalue weighted by Crippen LogP contribution is 2.09. The molecule has 0 radical (unpaired) electrons. The minimum absolute atomic E-state index is 0.0381. The van der Waals surface area contributed by atoms with Crippen molar-refractivity contribution in [2.24, 2.45) is 5.92 Å². The number of hydrogen-bond acceptors (Lipinski definition) is 3. The molecule has 1 unspecified atom stereocenters. The Morgan fingerprint density at radius 3 is 2.89 bits per heavy atom. The van der Waals surface area contributed by atoms with Crippen LogP contribution in [0.4, 0.5) is 0 Å². The summed E-state index contributed by atoms with van der Waals surface area (Å²) in [5.74, 6) is 1.49. The van der Waals surface area contributed by atoms with E-state index in [-0.39, 0.29) is 5.56 Å². The zero-order chi connectivity index (χ0) is 13.1. The second kappa shape index (κ2) is 5.61. The molecule has 18 heavy (non-hydrogen) atoms. The maximum Gasteiger partial charge on any atom is 0.276 e. The van der Waals surface area contributed by atoms with Crippen LogP contribution in [0.5, 0.6) is 0 Å². The van der Waals surface area contributed by atoms with E-state index >= 15 is 0 Å². The quantitative estimate of drug-likeness (QED) is 0.841. The molecule has 0 aromatic carbocycles. The van der Waals surface area contributed by atoms with Gasteiger partial charge in [-0.1, -0.05) is 6.92 Å². The average Bonchev–Trinajstić information content (AvgIpc) is 2.70. The van der Waals surface area contributed by atoms with Crippen LogP contribution in [0, 0.1) is 12.8 Å². The summed E-state index contributed by atoms with van der Waals surface area (Å²) in [5.41, 5.74) is 1.56. The van der Waals surface area contributed by atoms with Crippen LogP contribution in [0.1, 0.15) is 25.5 Å². The average molecular weight is 265 g/mol. The highest BCUT2D eigenvalue weighted by molar-refractivity contribution is 7.80. The second-order valence-corrected chi connectivity index (χ2v) is 5.27. The van der Waals surface area contributed by atoms with Crippen molar-refractivity contribution >= 4 is 18.1 Å². The molecule has 0 spiro atoms. The van der Waals surface area contributed by atoms with E-state index in [0.29, 0.717) is 11.4 Å². The fourth-order valence-corrected chi connectivity index (χ4v) is 2.49. The lowest BCUT2D eigenvalue weighted by atomic mass is 10.1. The number of thiol groups is 1. The molecule has 2 aromatic rings. The molecule has 1 atom stereocenters. The largest absolute Gasteiger partial charge is 0.312 e. The summed E-state index contributed by atoms with van der Waals surface area (Å²) in [5, 5.41) is 4.23. The van der Waals surface area contributed by atoms with E-state index in [2.05, 4.69) is 24.7 Å². The van der Waals surface area contributed by atoms with Gasteiger partial charge in [-0.2, -0.15) is 17.7 Å². The summed E-state index contributed by atoms with van der Waals surface area (Å²) in [6.07, 6.45) is 5.75. The molecular formula is C13H19N3OS. The Morgan fingerprint density at radius 2 is 2.17 bits per heavy atom. The fourth-order valence-electron chi connectivity index (χ4n) is 2.05. The van der Waals surface area contributed by atoms with Crippen molar-refractivity contribution < 1.29 is 0 Å². The van der Waals surface area contributed by atoms with Crippen LogP contribution in [-0.4, -0.2) is 19.9 Å². The third-order valence-electron chi connectivity index (χ3n) is 3.21. The monoisotopic (exact) mass is 265 g/mol. The van der Waals surface area contributed by atoms with Gasteiger partial charge in [-0.25, -0.2) is 4.52 Å². The molecule has 0 aliphatic heterocycles. The summed E-state index contributed by atoms with van der Waals surface area (Å²) in [6.45, 7) is 4.85. The lowest BCUT2D eigenvalue weighted by Gasteiger charge is -2.11. The molecule has 0 bridgehead atoms. The molecule has 2 rings (SSSR count). The van der Waals surface area contributed by atoms with E-state index in [1.807, 2.05) is 25.4 Å². The van der Waals surface area contributed by atoms with Gasteiger partial charge in [0.2, 0.25) is 0 Å². The maximum atomic E-state index is 12.2. The number of aryl methyl sites for hydroxylation is 2. The van der Waals surface area contributed by atoms with Gasteiger partial charge in [-0.15, -0.1) is 0 Å². The highest BCUT2D eigenvalue weighted by atomic mass is 32.1. The predicted molar refractivity (Wildman–Crippen MR) is 76.4 cm³/mol. The van der Waals surface area contributed by atoms with Crippen LogP contribution in [0.25, 0.3) is 5.52 Å². The van der Waals surface area contributed by atoms with Gasteiger partial charge in [0.15, 0.2) is 0 Å². The van der Waals surface area contributed by atoms with E-state index in [4.69, 9.17) is 0 Å². The number of rotatable bonds is 5. The van der Waals surface area contributed by atoms with Gasteiger partial charge in [0.05, 0.1) is 5.69 Å². The first-order valence-corrected chi connectivity index (χ1v) is 6.91. The summed E-state index contributed by atoms with van der Waals surface area (Å²) in [4.78, 5) is 12.2. The van der Waals surface area contributed by atoms with E-state index < -0.39 is 0 Å². The normalized spacial score (nSPS) is 13.1. The zero-order valence-electron chi connectivity index (χ0n) is 10.8. The fraction of sp³-hybridized carbons (Fsp3) is 0.538. The first kappa shape index (κ1) is 13.2. The SMILES string of the molecule is Cc1cc2c(=O)n(CCC(C)CCS)ccn2n1. The molecule has 0 N–H and O–H groups in total. The summed E-state index contributed by atoms with van der Waals surface area (Å²) in [7, 11) is 0. The Balaban J connectivity index is 2.19. The van der Waals surface area contributed by atoms with Gasteiger partial charge in [0.1, 0.15) is 5.52 Å². The molecule has 5 heteroatoms. The molecule has 0 saturated heterocycles. The van der Waals surface area contributed by atoms with Crippen LogP contribution < -0.4 is 5.56 Å². The summed E-state index contributed by atoms with van der Waals surface area (Å²) in [6, 6.07) is 1.83. The van der Waals surface area contributed by atoms with Crippen molar-refractivity contribution in [3.8, 4) is 0 Å². The Labute approximate surface area is 112 Å². The van der Waals surface area contributed by atoms with Crippen LogP contribution in [0.15, 0.2) is 23.3 Å². The van der Waals surface area contributed by atoms with Crippen molar-refractivity contribution in [3.05, 3.63) is 34.5 Å². The van der Waals surface area contributed by atoms with Gasteiger partial charge in [0.25, 0.3) is 5.56 Å². The maximum absolute atomic E-state index is 12.2. The van der Waals surface area contributed by atoms with Gasteiger partial charge in [0, 0.05) is 18.9 Å². The van der Waals surface area contributed by atoms with Crippen LogP contribution in [0.3, 0.4) is 0 Å². The Bertz CT molecular complexity index is 587. The molecule has 0 aliphatic rings.